The minimum atomic E-state index is -3.83. The van der Waals surface area contributed by atoms with E-state index in [9.17, 15) is 13.5 Å². The van der Waals surface area contributed by atoms with Crippen molar-refractivity contribution in [1.29, 1.82) is 0 Å². The molecule has 0 bridgehead atoms. The first-order valence-electron chi connectivity index (χ1n) is 9.03. The van der Waals surface area contributed by atoms with Gasteiger partial charge in [0.25, 0.3) is 10.0 Å². The lowest BCUT2D eigenvalue weighted by Crippen LogP contribution is -2.14. The number of rotatable bonds is 4. The molecule has 6 heteroatoms. The molecule has 0 atom stereocenters. The van der Waals surface area contributed by atoms with Crippen molar-refractivity contribution < 1.29 is 13.5 Å². The van der Waals surface area contributed by atoms with Gasteiger partial charge in [-0.15, -0.1) is 0 Å². The number of phenolic OH excluding ortho intramolecular Hbond substituents is 1. The van der Waals surface area contributed by atoms with Crippen molar-refractivity contribution in [3.63, 3.8) is 0 Å². The summed E-state index contributed by atoms with van der Waals surface area (Å²) in [6.45, 7) is 0.604. The molecule has 0 saturated carbocycles. The maximum Gasteiger partial charge on any atom is 0.268 e. The first-order chi connectivity index (χ1) is 13.0. The molecule has 140 valence electrons. The van der Waals surface area contributed by atoms with Gasteiger partial charge in [-0.1, -0.05) is 30.3 Å². The van der Waals surface area contributed by atoms with Crippen LogP contribution in [0.3, 0.4) is 0 Å². The molecule has 0 radical (unpaired) electrons. The van der Waals surface area contributed by atoms with E-state index in [1.807, 2.05) is 25.2 Å². The summed E-state index contributed by atoms with van der Waals surface area (Å²) in [5, 5.41) is 12.9. The summed E-state index contributed by atoms with van der Waals surface area (Å²) in [5.41, 5.74) is 4.96. The molecule has 1 aromatic heterocycles. The zero-order valence-corrected chi connectivity index (χ0v) is 16.0. The normalized spacial score (nSPS) is 13.7. The molecule has 0 fully saturated rings. The van der Waals surface area contributed by atoms with Gasteiger partial charge in [-0.25, -0.2) is 12.4 Å². The lowest BCUT2D eigenvalue weighted by atomic mass is 10.0. The van der Waals surface area contributed by atoms with Crippen LogP contribution in [-0.4, -0.2) is 24.5 Å². The van der Waals surface area contributed by atoms with Gasteiger partial charge < -0.3 is 10.4 Å². The molecule has 1 heterocycles. The Morgan fingerprint density at radius 3 is 2.70 bits per heavy atom. The van der Waals surface area contributed by atoms with Gasteiger partial charge >= 0.3 is 0 Å². The van der Waals surface area contributed by atoms with E-state index in [1.54, 1.807) is 12.3 Å². The molecule has 0 amide bonds. The van der Waals surface area contributed by atoms with Crippen LogP contribution in [0.25, 0.3) is 11.3 Å². The van der Waals surface area contributed by atoms with Crippen LogP contribution in [0, 0.1) is 0 Å². The second kappa shape index (κ2) is 6.87. The number of aromatic hydroxyl groups is 1. The number of benzene rings is 2. The molecule has 5 nitrogen and oxygen atoms in total. The lowest BCUT2D eigenvalue weighted by Gasteiger charge is -2.13. The minimum Gasteiger partial charge on any atom is -0.508 e. The zero-order chi connectivity index (χ0) is 19.0. The van der Waals surface area contributed by atoms with E-state index in [0.29, 0.717) is 6.54 Å². The summed E-state index contributed by atoms with van der Waals surface area (Å²) in [7, 11) is -1.97. The summed E-state index contributed by atoms with van der Waals surface area (Å²) in [6, 6.07) is 13.8. The van der Waals surface area contributed by atoms with E-state index < -0.39 is 10.0 Å². The molecule has 4 rings (SSSR count). The van der Waals surface area contributed by atoms with Crippen molar-refractivity contribution in [2.75, 3.05) is 7.05 Å². The highest BCUT2D eigenvalue weighted by Crippen LogP contribution is 2.37. The smallest absolute Gasteiger partial charge is 0.268 e. The molecular formula is C21H22N2O3S. The molecule has 0 saturated heterocycles. The van der Waals surface area contributed by atoms with Crippen LogP contribution in [0.15, 0.2) is 59.6 Å². The summed E-state index contributed by atoms with van der Waals surface area (Å²) in [5.74, 6) is -0.0647. The van der Waals surface area contributed by atoms with Crippen LogP contribution < -0.4 is 5.32 Å². The summed E-state index contributed by atoms with van der Waals surface area (Å²) < 4.78 is 28.3. The van der Waals surface area contributed by atoms with Crippen molar-refractivity contribution in [1.82, 2.24) is 9.29 Å². The largest absolute Gasteiger partial charge is 0.508 e. The zero-order valence-electron chi connectivity index (χ0n) is 15.1. The van der Waals surface area contributed by atoms with Gasteiger partial charge in [-0.3, -0.25) is 0 Å². The number of phenols is 1. The quantitative estimate of drug-likeness (QED) is 0.726. The van der Waals surface area contributed by atoms with E-state index in [2.05, 4.69) is 11.4 Å². The minimum absolute atomic E-state index is 0.0647. The number of nitrogens with one attached hydrogen (secondary N) is 1. The second-order valence-electron chi connectivity index (χ2n) is 6.82. The Hall–Kier alpha value is -2.57. The monoisotopic (exact) mass is 382 g/mol. The van der Waals surface area contributed by atoms with Gasteiger partial charge in [0.05, 0.1) is 10.6 Å². The van der Waals surface area contributed by atoms with Gasteiger partial charge in [-0.05, 0) is 55.1 Å². The molecule has 2 N–H and O–H groups in total. The summed E-state index contributed by atoms with van der Waals surface area (Å²) in [4.78, 5) is 0.0815. The molecule has 1 aliphatic carbocycles. The van der Waals surface area contributed by atoms with E-state index in [4.69, 9.17) is 0 Å². The van der Waals surface area contributed by atoms with Crippen LogP contribution >= 0.6 is 0 Å². The first kappa shape index (κ1) is 17.8. The molecular weight excluding hydrogens is 360 g/mol. The van der Waals surface area contributed by atoms with E-state index in [-0.39, 0.29) is 10.6 Å². The van der Waals surface area contributed by atoms with Crippen molar-refractivity contribution in [3.8, 4) is 17.0 Å². The van der Waals surface area contributed by atoms with Crippen LogP contribution in [0.5, 0.6) is 5.75 Å². The van der Waals surface area contributed by atoms with Crippen LogP contribution in [-0.2, 0) is 29.4 Å². The third-order valence-corrected chi connectivity index (χ3v) is 6.71. The Balaban J connectivity index is 2.01. The number of aryl methyl sites for hydroxylation is 1. The van der Waals surface area contributed by atoms with Crippen molar-refractivity contribution in [2.24, 2.45) is 0 Å². The fourth-order valence-corrected chi connectivity index (χ4v) is 5.31. The number of hydrogen-bond donors (Lipinski definition) is 2. The Labute approximate surface area is 159 Å². The number of aromatic nitrogens is 1. The molecule has 3 aromatic rings. The molecule has 0 spiro atoms. The standard InChI is InChI=1S/C21H22N2O3S/c1-22-13-16-14-23(27(25,26)18-9-5-8-17(24)12-18)21-19-10-3-2-6-15(19)7-4-11-20(16)21/h2-3,5-6,8-10,12,14,22,24H,4,7,11,13H2,1H3. The first-order valence-corrected chi connectivity index (χ1v) is 10.5. The molecule has 0 unspecified atom stereocenters. The van der Waals surface area contributed by atoms with Gasteiger partial charge in [0.15, 0.2) is 0 Å². The van der Waals surface area contributed by atoms with E-state index in [0.717, 1.165) is 47.2 Å². The Morgan fingerprint density at radius 1 is 1.11 bits per heavy atom. The second-order valence-corrected chi connectivity index (χ2v) is 8.64. The van der Waals surface area contributed by atoms with Gasteiger partial charge in [0.2, 0.25) is 0 Å². The van der Waals surface area contributed by atoms with Crippen LogP contribution in [0.4, 0.5) is 0 Å². The molecule has 0 aliphatic heterocycles. The average molecular weight is 382 g/mol. The van der Waals surface area contributed by atoms with Gasteiger partial charge in [0, 0.05) is 24.4 Å². The van der Waals surface area contributed by atoms with E-state index >= 15 is 0 Å². The highest BCUT2D eigenvalue weighted by atomic mass is 32.2. The number of hydrogen-bond acceptors (Lipinski definition) is 4. The number of nitrogens with zero attached hydrogens (tertiary/aromatic N) is 1. The van der Waals surface area contributed by atoms with Crippen molar-refractivity contribution in [2.45, 2.75) is 30.7 Å². The topological polar surface area (TPSA) is 71.3 Å². The van der Waals surface area contributed by atoms with Crippen LogP contribution in [0.2, 0.25) is 0 Å². The Bertz CT molecular complexity index is 1100. The predicted octanol–water partition coefficient (Wildman–Crippen LogP) is 3.31. The van der Waals surface area contributed by atoms with Crippen molar-refractivity contribution in [3.05, 3.63) is 71.4 Å². The maximum atomic E-state index is 13.4. The summed E-state index contributed by atoms with van der Waals surface area (Å²) >= 11 is 0. The third-order valence-electron chi connectivity index (χ3n) is 5.05. The molecule has 2 aromatic carbocycles. The maximum absolute atomic E-state index is 13.4. The Kier molecular flexibility index (Phi) is 4.53. The fourth-order valence-electron chi connectivity index (χ4n) is 3.84. The highest BCUT2D eigenvalue weighted by Gasteiger charge is 2.28. The van der Waals surface area contributed by atoms with Crippen molar-refractivity contribution >= 4 is 10.0 Å². The average Bonchev–Trinajstić information content (AvgIpc) is 2.90. The fraction of sp³-hybridized carbons (Fsp3) is 0.238. The lowest BCUT2D eigenvalue weighted by molar-refractivity contribution is 0.473. The van der Waals surface area contributed by atoms with Gasteiger partial charge in [0.1, 0.15) is 5.75 Å². The van der Waals surface area contributed by atoms with Gasteiger partial charge in [-0.2, -0.15) is 0 Å². The van der Waals surface area contributed by atoms with Crippen LogP contribution in [0.1, 0.15) is 23.1 Å². The predicted molar refractivity (Wildman–Crippen MR) is 105 cm³/mol. The third kappa shape index (κ3) is 3.05. The molecule has 1 aliphatic rings. The Morgan fingerprint density at radius 2 is 1.93 bits per heavy atom. The summed E-state index contributed by atoms with van der Waals surface area (Å²) in [6.07, 6.45) is 4.47. The highest BCUT2D eigenvalue weighted by molar-refractivity contribution is 7.90. The SMILES string of the molecule is CNCc1cn(S(=O)(=O)c2cccc(O)c2)c2c1CCCc1ccccc1-2. The van der Waals surface area contributed by atoms with E-state index in [1.165, 1.54) is 22.2 Å². The molecule has 27 heavy (non-hydrogen) atoms. The number of fused-ring (bicyclic) bond motifs is 3.